The van der Waals surface area contributed by atoms with Crippen molar-refractivity contribution in [1.29, 1.82) is 0 Å². The number of anilines is 1. The third-order valence-corrected chi connectivity index (χ3v) is 6.10. The van der Waals surface area contributed by atoms with E-state index in [0.29, 0.717) is 21.7 Å². The molecule has 0 aromatic carbocycles. The van der Waals surface area contributed by atoms with Crippen LogP contribution in [0, 0.1) is 6.92 Å². The lowest BCUT2D eigenvalue weighted by Crippen LogP contribution is -2.21. The van der Waals surface area contributed by atoms with E-state index in [2.05, 4.69) is 15.4 Å². The first-order valence-corrected chi connectivity index (χ1v) is 9.98. The van der Waals surface area contributed by atoms with E-state index in [9.17, 15) is 18.4 Å². The van der Waals surface area contributed by atoms with E-state index in [0.717, 1.165) is 24.2 Å². The Labute approximate surface area is 172 Å². The van der Waals surface area contributed by atoms with E-state index in [4.69, 9.17) is 17.3 Å². The van der Waals surface area contributed by atoms with Gasteiger partial charge in [-0.3, -0.25) is 14.3 Å². The van der Waals surface area contributed by atoms with E-state index in [1.807, 2.05) is 0 Å². The van der Waals surface area contributed by atoms with Crippen molar-refractivity contribution in [2.24, 2.45) is 5.73 Å². The molecule has 1 aliphatic carbocycles. The summed E-state index contributed by atoms with van der Waals surface area (Å²) < 4.78 is 27.9. The second-order valence-electron chi connectivity index (χ2n) is 6.87. The topological polar surface area (TPSA) is 103 Å². The molecule has 0 aliphatic heterocycles. The molecular weight excluding hydrogens is 424 g/mol. The van der Waals surface area contributed by atoms with Crippen molar-refractivity contribution in [3.05, 3.63) is 39.1 Å². The van der Waals surface area contributed by atoms with Crippen LogP contribution in [0.2, 0.25) is 5.02 Å². The number of nitrogens with one attached hydrogen (secondary N) is 1. The molecule has 0 bridgehead atoms. The first kappa shape index (κ1) is 19.7. The molecule has 29 heavy (non-hydrogen) atoms. The molecule has 0 atom stereocenters. The Bertz CT molecular complexity index is 1120. The predicted octanol–water partition coefficient (Wildman–Crippen LogP) is 4.01. The van der Waals surface area contributed by atoms with Gasteiger partial charge < -0.3 is 11.1 Å². The SMILES string of the molecule is Cc1nn(CC(=O)Nc2c(C(N)=O)sc3nc(C(F)F)cc(C4CC4)c23)cc1Cl. The van der Waals surface area contributed by atoms with Gasteiger partial charge in [0.15, 0.2) is 0 Å². The second kappa shape index (κ2) is 7.34. The van der Waals surface area contributed by atoms with Crippen molar-refractivity contribution in [3.63, 3.8) is 0 Å². The molecule has 3 aromatic heterocycles. The minimum absolute atomic E-state index is 0.0730. The molecule has 1 aliphatic rings. The highest BCUT2D eigenvalue weighted by molar-refractivity contribution is 7.21. The minimum Gasteiger partial charge on any atom is -0.365 e. The Hall–Kier alpha value is -2.59. The Morgan fingerprint density at radius 2 is 2.17 bits per heavy atom. The number of primary amides is 1. The Kier molecular flexibility index (Phi) is 4.99. The first-order chi connectivity index (χ1) is 13.7. The van der Waals surface area contributed by atoms with Gasteiger partial charge in [-0.2, -0.15) is 5.10 Å². The average Bonchev–Trinajstić information content (AvgIpc) is 3.36. The number of fused-ring (bicyclic) bond motifs is 1. The lowest BCUT2D eigenvalue weighted by Gasteiger charge is -2.10. The summed E-state index contributed by atoms with van der Waals surface area (Å²) in [5.41, 5.74) is 6.58. The Balaban J connectivity index is 1.76. The summed E-state index contributed by atoms with van der Waals surface area (Å²) in [6, 6.07) is 1.36. The molecule has 0 radical (unpaired) electrons. The van der Waals surface area contributed by atoms with Crippen LogP contribution in [0.15, 0.2) is 12.3 Å². The highest BCUT2D eigenvalue weighted by Crippen LogP contribution is 2.48. The zero-order valence-electron chi connectivity index (χ0n) is 15.2. The molecule has 1 fully saturated rings. The van der Waals surface area contributed by atoms with Crippen LogP contribution >= 0.6 is 22.9 Å². The van der Waals surface area contributed by atoms with Crippen molar-refractivity contribution in [2.75, 3.05) is 5.32 Å². The Morgan fingerprint density at radius 1 is 1.45 bits per heavy atom. The van der Waals surface area contributed by atoms with Gasteiger partial charge in [-0.05, 0) is 37.3 Å². The quantitative estimate of drug-likeness (QED) is 0.605. The fourth-order valence-electron chi connectivity index (χ4n) is 3.17. The van der Waals surface area contributed by atoms with E-state index in [-0.39, 0.29) is 33.6 Å². The van der Waals surface area contributed by atoms with Crippen LogP contribution in [0.4, 0.5) is 14.5 Å². The van der Waals surface area contributed by atoms with Crippen LogP contribution < -0.4 is 11.1 Å². The number of hydrogen-bond donors (Lipinski definition) is 2. The van der Waals surface area contributed by atoms with Gasteiger partial charge in [-0.1, -0.05) is 11.6 Å². The Morgan fingerprint density at radius 3 is 2.72 bits per heavy atom. The summed E-state index contributed by atoms with van der Waals surface area (Å²) in [6.45, 7) is 1.58. The van der Waals surface area contributed by atoms with Gasteiger partial charge in [0.25, 0.3) is 12.3 Å². The largest absolute Gasteiger partial charge is 0.365 e. The van der Waals surface area contributed by atoms with Gasteiger partial charge in [0.2, 0.25) is 5.91 Å². The smallest absolute Gasteiger partial charge is 0.280 e. The predicted molar refractivity (Wildman–Crippen MR) is 106 cm³/mol. The fourth-order valence-corrected chi connectivity index (χ4v) is 4.34. The number of rotatable bonds is 6. The zero-order valence-corrected chi connectivity index (χ0v) is 16.8. The van der Waals surface area contributed by atoms with Gasteiger partial charge >= 0.3 is 0 Å². The molecule has 1 saturated carbocycles. The fraction of sp³-hybridized carbons (Fsp3) is 0.333. The van der Waals surface area contributed by atoms with Crippen molar-refractivity contribution in [1.82, 2.24) is 14.8 Å². The van der Waals surface area contributed by atoms with Gasteiger partial charge in [-0.25, -0.2) is 13.8 Å². The summed E-state index contributed by atoms with van der Waals surface area (Å²) in [6.07, 6.45) is 0.481. The number of hydrogen-bond acceptors (Lipinski definition) is 5. The van der Waals surface area contributed by atoms with Crippen LogP contribution in [0.3, 0.4) is 0 Å². The lowest BCUT2D eigenvalue weighted by atomic mass is 10.0. The van der Waals surface area contributed by atoms with Gasteiger partial charge in [0.05, 0.1) is 16.4 Å². The monoisotopic (exact) mass is 439 g/mol. The minimum atomic E-state index is -2.73. The normalized spacial score (nSPS) is 14.0. The molecule has 4 rings (SSSR count). The molecule has 11 heteroatoms. The molecule has 2 amide bonds. The highest BCUT2D eigenvalue weighted by atomic mass is 35.5. The maximum absolute atomic E-state index is 13.3. The number of thiophene rings is 1. The third-order valence-electron chi connectivity index (χ3n) is 4.63. The summed E-state index contributed by atoms with van der Waals surface area (Å²) in [5, 5.41) is 7.75. The molecule has 152 valence electrons. The first-order valence-electron chi connectivity index (χ1n) is 8.79. The molecule has 0 spiro atoms. The molecule has 3 aromatic rings. The van der Waals surface area contributed by atoms with Gasteiger partial charge in [0, 0.05) is 11.6 Å². The summed E-state index contributed by atoms with van der Waals surface area (Å²) in [7, 11) is 0. The van der Waals surface area contributed by atoms with Crippen LogP contribution in [-0.2, 0) is 11.3 Å². The number of pyridine rings is 1. The molecule has 0 unspecified atom stereocenters. The maximum Gasteiger partial charge on any atom is 0.280 e. The summed E-state index contributed by atoms with van der Waals surface area (Å²) in [5.74, 6) is -1.12. The number of alkyl halides is 2. The standard InChI is InChI=1S/C18H16ClF2N5O2S/c1-7-10(19)5-26(25-7)6-12(27)24-14-13-9(8-2-3-8)4-11(16(20)21)23-18(13)29-15(14)17(22)28/h4-5,8,16H,2-3,6H2,1H3,(H2,22,28)(H,24,27). The number of carbonyl (C=O) groups is 2. The third kappa shape index (κ3) is 3.82. The van der Waals surface area contributed by atoms with Crippen LogP contribution in [0.5, 0.6) is 0 Å². The summed E-state index contributed by atoms with van der Waals surface area (Å²) >= 11 is 6.86. The van der Waals surface area contributed by atoms with Crippen LogP contribution in [0.25, 0.3) is 10.2 Å². The maximum atomic E-state index is 13.3. The number of nitrogens with two attached hydrogens (primary N) is 1. The number of halogens is 3. The van der Waals surface area contributed by atoms with E-state index in [1.54, 1.807) is 6.92 Å². The molecule has 0 saturated heterocycles. The highest BCUT2D eigenvalue weighted by Gasteiger charge is 2.31. The van der Waals surface area contributed by atoms with E-state index >= 15 is 0 Å². The molecule has 3 heterocycles. The van der Waals surface area contributed by atoms with E-state index < -0.39 is 18.2 Å². The molecule has 3 N–H and O–H groups in total. The number of aryl methyl sites for hydroxylation is 1. The number of nitrogens with zero attached hydrogens (tertiary/aromatic N) is 3. The van der Waals surface area contributed by atoms with Crippen LogP contribution in [0.1, 0.15) is 51.8 Å². The van der Waals surface area contributed by atoms with Gasteiger partial charge in [0.1, 0.15) is 21.9 Å². The summed E-state index contributed by atoms with van der Waals surface area (Å²) in [4.78, 5) is 28.9. The number of aromatic nitrogens is 3. The van der Waals surface area contributed by atoms with Crippen molar-refractivity contribution in [3.8, 4) is 0 Å². The zero-order chi connectivity index (χ0) is 20.9. The van der Waals surface area contributed by atoms with Crippen molar-refractivity contribution >= 4 is 50.7 Å². The average molecular weight is 440 g/mol. The number of carbonyl (C=O) groups excluding carboxylic acids is 2. The van der Waals surface area contributed by atoms with Crippen molar-refractivity contribution < 1.29 is 18.4 Å². The second-order valence-corrected chi connectivity index (χ2v) is 8.28. The molecule has 7 nitrogen and oxygen atoms in total. The molecular formula is C18H16ClF2N5O2S. The van der Waals surface area contributed by atoms with Crippen molar-refractivity contribution in [2.45, 2.75) is 38.7 Å². The van der Waals surface area contributed by atoms with E-state index in [1.165, 1.54) is 16.9 Å². The van der Waals surface area contributed by atoms with Gasteiger partial charge in [-0.15, -0.1) is 11.3 Å². The lowest BCUT2D eigenvalue weighted by molar-refractivity contribution is -0.116. The van der Waals surface area contributed by atoms with Crippen LogP contribution in [-0.4, -0.2) is 26.6 Å². The number of amides is 2.